The molecule has 1 aliphatic heterocycles. The first-order valence-corrected chi connectivity index (χ1v) is 13.2. The molecule has 0 aliphatic carbocycles. The van der Waals surface area contributed by atoms with Crippen molar-refractivity contribution in [1.82, 2.24) is 19.1 Å². The Kier molecular flexibility index (Phi) is 6.52. The van der Waals surface area contributed by atoms with Gasteiger partial charge in [0.1, 0.15) is 0 Å². The zero-order valence-electron chi connectivity index (χ0n) is 20.4. The van der Waals surface area contributed by atoms with Gasteiger partial charge in [-0.3, -0.25) is 4.79 Å². The van der Waals surface area contributed by atoms with E-state index in [1.807, 2.05) is 36.7 Å². The number of piperidine rings is 1. The minimum Gasteiger partial charge on any atom is -0.324 e. The van der Waals surface area contributed by atoms with Gasteiger partial charge in [-0.15, -0.1) is 0 Å². The van der Waals surface area contributed by atoms with E-state index in [1.165, 1.54) is 4.31 Å². The zero-order valence-corrected chi connectivity index (χ0v) is 21.3. The van der Waals surface area contributed by atoms with Crippen LogP contribution in [0.4, 0.5) is 5.69 Å². The number of nitrogens with zero attached hydrogens (tertiary/aromatic N) is 4. The highest BCUT2D eigenvalue weighted by Gasteiger charge is 2.32. The second-order valence-corrected chi connectivity index (χ2v) is 12.2. The van der Waals surface area contributed by atoms with E-state index in [-0.39, 0.29) is 23.3 Å². The summed E-state index contributed by atoms with van der Waals surface area (Å²) in [5.41, 5.74) is 2.45. The third-order valence-electron chi connectivity index (χ3n) is 6.37. The van der Waals surface area contributed by atoms with Crippen LogP contribution in [0.1, 0.15) is 59.1 Å². The molecule has 3 heterocycles. The molecule has 4 rings (SSSR count). The number of sulfonamides is 1. The number of carbonyl (C=O) groups is 1. The van der Waals surface area contributed by atoms with E-state index < -0.39 is 10.0 Å². The predicted octanol–water partition coefficient (Wildman–Crippen LogP) is 4.35. The largest absolute Gasteiger partial charge is 0.324 e. The highest BCUT2D eigenvalue weighted by atomic mass is 32.2. The van der Waals surface area contributed by atoms with Crippen LogP contribution >= 0.6 is 0 Å². The minimum atomic E-state index is -3.58. The molecule has 1 amide bonds. The lowest BCUT2D eigenvalue weighted by Crippen LogP contribution is -2.41. The maximum absolute atomic E-state index is 13.1. The number of amides is 1. The number of carbonyl (C=O) groups excluding carboxylic acids is 1. The Hall–Kier alpha value is -2.78. The third kappa shape index (κ3) is 4.86. The maximum atomic E-state index is 13.1. The quantitative estimate of drug-likeness (QED) is 0.582. The van der Waals surface area contributed by atoms with Gasteiger partial charge < -0.3 is 5.32 Å². The number of nitrogens with one attached hydrogen (secondary N) is 1. The Labute approximate surface area is 201 Å². The SMILES string of the molecule is CC(C)n1ncc2cc(NC(=O)C3CCN(S(=O)(=O)c4ccc(C(C)(C)C)cc4)CC3)cnc21. The van der Waals surface area contributed by atoms with Gasteiger partial charge in [-0.2, -0.15) is 9.40 Å². The number of hydrogen-bond acceptors (Lipinski definition) is 5. The van der Waals surface area contributed by atoms with Crippen LogP contribution in [0.5, 0.6) is 0 Å². The molecule has 0 spiro atoms. The molecule has 0 saturated carbocycles. The Balaban J connectivity index is 1.38. The molecule has 0 radical (unpaired) electrons. The van der Waals surface area contributed by atoms with Crippen LogP contribution in [0.25, 0.3) is 11.0 Å². The summed E-state index contributed by atoms with van der Waals surface area (Å²) >= 11 is 0. The number of hydrogen-bond donors (Lipinski definition) is 1. The smallest absolute Gasteiger partial charge is 0.243 e. The van der Waals surface area contributed by atoms with E-state index >= 15 is 0 Å². The van der Waals surface area contributed by atoms with Gasteiger partial charge in [-0.25, -0.2) is 18.1 Å². The molecule has 2 aromatic heterocycles. The highest BCUT2D eigenvalue weighted by molar-refractivity contribution is 7.89. The molecular weight excluding hydrogens is 450 g/mol. The zero-order chi connectivity index (χ0) is 24.7. The predicted molar refractivity (Wildman–Crippen MR) is 133 cm³/mol. The monoisotopic (exact) mass is 483 g/mol. The van der Waals surface area contributed by atoms with Gasteiger partial charge in [-0.05, 0) is 55.9 Å². The first-order chi connectivity index (χ1) is 16.0. The van der Waals surface area contributed by atoms with Crippen molar-refractivity contribution < 1.29 is 13.2 Å². The van der Waals surface area contributed by atoms with E-state index in [9.17, 15) is 13.2 Å². The van der Waals surface area contributed by atoms with Crippen molar-refractivity contribution in [2.45, 2.75) is 63.8 Å². The van der Waals surface area contributed by atoms with E-state index in [4.69, 9.17) is 0 Å². The number of pyridine rings is 1. The summed E-state index contributed by atoms with van der Waals surface area (Å²) in [5.74, 6) is -0.354. The molecule has 0 bridgehead atoms. The molecule has 1 aliphatic rings. The van der Waals surface area contributed by atoms with Crippen LogP contribution in [-0.4, -0.2) is 46.5 Å². The maximum Gasteiger partial charge on any atom is 0.243 e. The first kappa shape index (κ1) is 24.3. The second-order valence-electron chi connectivity index (χ2n) is 10.3. The molecule has 1 fully saturated rings. The van der Waals surface area contributed by atoms with Crippen LogP contribution in [0, 0.1) is 5.92 Å². The topological polar surface area (TPSA) is 97.2 Å². The lowest BCUT2D eigenvalue weighted by atomic mass is 9.87. The fraction of sp³-hybridized carbons (Fsp3) is 0.480. The average Bonchev–Trinajstić information content (AvgIpc) is 3.22. The van der Waals surface area contributed by atoms with Crippen molar-refractivity contribution in [3.8, 4) is 0 Å². The Bertz CT molecular complexity index is 1280. The van der Waals surface area contributed by atoms with E-state index in [0.717, 1.165) is 16.6 Å². The second kappa shape index (κ2) is 9.11. The summed E-state index contributed by atoms with van der Waals surface area (Å²) < 4.78 is 29.5. The van der Waals surface area contributed by atoms with E-state index in [1.54, 1.807) is 24.5 Å². The van der Waals surface area contributed by atoms with Gasteiger partial charge >= 0.3 is 0 Å². The molecule has 34 heavy (non-hydrogen) atoms. The first-order valence-electron chi connectivity index (χ1n) is 11.7. The fourth-order valence-electron chi connectivity index (χ4n) is 4.26. The van der Waals surface area contributed by atoms with Crippen molar-refractivity contribution in [2.75, 3.05) is 18.4 Å². The van der Waals surface area contributed by atoms with Gasteiger partial charge in [-0.1, -0.05) is 32.9 Å². The highest BCUT2D eigenvalue weighted by Crippen LogP contribution is 2.28. The number of rotatable bonds is 5. The summed E-state index contributed by atoms with van der Waals surface area (Å²) in [4.78, 5) is 17.6. The molecule has 182 valence electrons. The Morgan fingerprint density at radius 2 is 1.74 bits per heavy atom. The normalized spacial score (nSPS) is 16.3. The van der Waals surface area contributed by atoms with Gasteiger partial charge in [0.25, 0.3) is 0 Å². The van der Waals surface area contributed by atoms with E-state index in [2.05, 4.69) is 36.2 Å². The summed E-state index contributed by atoms with van der Waals surface area (Å²) in [6.07, 6.45) is 4.34. The molecule has 1 saturated heterocycles. The number of aromatic nitrogens is 3. The standard InChI is InChI=1S/C25H33N5O3S/c1-17(2)30-23-19(15-27-30)14-21(16-26-23)28-24(31)18-10-12-29(13-11-18)34(32,33)22-8-6-20(7-9-22)25(3,4)5/h6-9,14-18H,10-13H2,1-5H3,(H,28,31). The van der Waals surface area contributed by atoms with Gasteiger partial charge in [0.2, 0.25) is 15.9 Å². The third-order valence-corrected chi connectivity index (χ3v) is 8.29. The molecule has 3 aromatic rings. The molecule has 1 N–H and O–H groups in total. The molecule has 8 nitrogen and oxygen atoms in total. The van der Waals surface area contributed by atoms with Crippen molar-refractivity contribution in [3.63, 3.8) is 0 Å². The average molecular weight is 484 g/mol. The van der Waals surface area contributed by atoms with Crippen LogP contribution in [0.15, 0.2) is 47.6 Å². The Morgan fingerprint density at radius 1 is 1.09 bits per heavy atom. The number of benzene rings is 1. The van der Waals surface area contributed by atoms with Gasteiger partial charge in [0.15, 0.2) is 5.65 Å². The van der Waals surface area contributed by atoms with Crippen molar-refractivity contribution >= 4 is 32.7 Å². The lowest BCUT2D eigenvalue weighted by molar-refractivity contribution is -0.120. The van der Waals surface area contributed by atoms with Gasteiger partial charge in [0, 0.05) is 30.4 Å². The number of fused-ring (bicyclic) bond motifs is 1. The summed E-state index contributed by atoms with van der Waals surface area (Å²) in [5, 5.41) is 8.16. The Morgan fingerprint density at radius 3 is 2.32 bits per heavy atom. The van der Waals surface area contributed by atoms with Crippen LogP contribution in [0.2, 0.25) is 0 Å². The van der Waals surface area contributed by atoms with Crippen molar-refractivity contribution in [1.29, 1.82) is 0 Å². The van der Waals surface area contributed by atoms with E-state index in [0.29, 0.717) is 36.5 Å². The summed E-state index contributed by atoms with van der Waals surface area (Å²) in [6, 6.07) is 9.18. The molecule has 1 aromatic carbocycles. The summed E-state index contributed by atoms with van der Waals surface area (Å²) in [6.45, 7) is 11.0. The fourth-order valence-corrected chi connectivity index (χ4v) is 5.73. The minimum absolute atomic E-state index is 0.0387. The molecule has 0 unspecified atom stereocenters. The molecule has 9 heteroatoms. The van der Waals surface area contributed by atoms with Crippen molar-refractivity contribution in [3.05, 3.63) is 48.3 Å². The number of anilines is 1. The van der Waals surface area contributed by atoms with Gasteiger partial charge in [0.05, 0.1) is 23.0 Å². The lowest BCUT2D eigenvalue weighted by Gasteiger charge is -2.30. The molecule has 0 atom stereocenters. The molecular formula is C25H33N5O3S. The van der Waals surface area contributed by atoms with Crippen LogP contribution < -0.4 is 5.32 Å². The van der Waals surface area contributed by atoms with Crippen LogP contribution in [-0.2, 0) is 20.2 Å². The van der Waals surface area contributed by atoms with Crippen molar-refractivity contribution in [2.24, 2.45) is 5.92 Å². The van der Waals surface area contributed by atoms with Crippen LogP contribution in [0.3, 0.4) is 0 Å². The summed E-state index contributed by atoms with van der Waals surface area (Å²) in [7, 11) is -3.58.